The molecule has 0 bridgehead atoms. The SMILES string of the molecule is COCCN(C(=O)CC1NC(=O)c2ccccc21)C1CCN(C)CC1. The van der Waals surface area contributed by atoms with Gasteiger partial charge in [-0.15, -0.1) is 0 Å². The maximum absolute atomic E-state index is 13.0. The van der Waals surface area contributed by atoms with Crippen molar-refractivity contribution in [3.8, 4) is 0 Å². The number of rotatable bonds is 6. The average Bonchev–Trinajstić information content (AvgIpc) is 2.93. The first-order valence-electron chi connectivity index (χ1n) is 8.97. The van der Waals surface area contributed by atoms with Crippen molar-refractivity contribution in [1.29, 1.82) is 0 Å². The molecule has 1 atom stereocenters. The van der Waals surface area contributed by atoms with Gasteiger partial charge in [0.2, 0.25) is 5.91 Å². The van der Waals surface area contributed by atoms with Crippen molar-refractivity contribution in [3.05, 3.63) is 35.4 Å². The summed E-state index contributed by atoms with van der Waals surface area (Å²) in [6.07, 6.45) is 2.28. The molecule has 1 aromatic rings. The fourth-order valence-corrected chi connectivity index (χ4v) is 3.78. The van der Waals surface area contributed by atoms with E-state index in [1.54, 1.807) is 7.11 Å². The number of fused-ring (bicyclic) bond motifs is 1. The third-order valence-electron chi connectivity index (χ3n) is 5.25. The molecule has 1 N–H and O–H groups in total. The van der Waals surface area contributed by atoms with Crippen molar-refractivity contribution in [2.75, 3.05) is 40.4 Å². The first-order chi connectivity index (χ1) is 12.1. The van der Waals surface area contributed by atoms with Gasteiger partial charge in [-0.25, -0.2) is 0 Å². The molecule has 136 valence electrons. The van der Waals surface area contributed by atoms with Crippen LogP contribution in [0, 0.1) is 0 Å². The van der Waals surface area contributed by atoms with Gasteiger partial charge in [0.05, 0.1) is 19.1 Å². The van der Waals surface area contributed by atoms with Crippen molar-refractivity contribution in [1.82, 2.24) is 15.1 Å². The van der Waals surface area contributed by atoms with Crippen LogP contribution in [-0.2, 0) is 9.53 Å². The summed E-state index contributed by atoms with van der Waals surface area (Å²) in [5, 5.41) is 2.95. The van der Waals surface area contributed by atoms with Crippen LogP contribution < -0.4 is 5.32 Å². The Morgan fingerprint density at radius 2 is 2.04 bits per heavy atom. The summed E-state index contributed by atoms with van der Waals surface area (Å²) in [5.74, 6) is 0.00439. The number of likely N-dealkylation sites (tertiary alicyclic amines) is 1. The van der Waals surface area contributed by atoms with Crippen molar-refractivity contribution in [3.63, 3.8) is 0 Å². The van der Waals surface area contributed by atoms with Crippen molar-refractivity contribution < 1.29 is 14.3 Å². The zero-order chi connectivity index (χ0) is 17.8. The monoisotopic (exact) mass is 345 g/mol. The molecular formula is C19H27N3O3. The zero-order valence-electron chi connectivity index (χ0n) is 15.0. The molecule has 2 heterocycles. The molecule has 1 unspecified atom stereocenters. The van der Waals surface area contributed by atoms with Gasteiger partial charge in [0.25, 0.3) is 5.91 Å². The number of nitrogens with one attached hydrogen (secondary N) is 1. The minimum atomic E-state index is -0.229. The highest BCUT2D eigenvalue weighted by Crippen LogP contribution is 2.29. The lowest BCUT2D eigenvalue weighted by molar-refractivity contribution is -0.135. The Kier molecular flexibility index (Phi) is 5.71. The van der Waals surface area contributed by atoms with E-state index >= 15 is 0 Å². The minimum Gasteiger partial charge on any atom is -0.383 e. The number of amides is 2. The van der Waals surface area contributed by atoms with E-state index in [9.17, 15) is 9.59 Å². The molecular weight excluding hydrogens is 318 g/mol. The van der Waals surface area contributed by atoms with Gasteiger partial charge in [0, 0.05) is 25.3 Å². The Labute approximate surface area is 149 Å². The Hall–Kier alpha value is -1.92. The van der Waals surface area contributed by atoms with Crippen LogP contribution in [0.4, 0.5) is 0 Å². The molecule has 1 saturated heterocycles. The van der Waals surface area contributed by atoms with Gasteiger partial charge >= 0.3 is 0 Å². The highest BCUT2D eigenvalue weighted by molar-refractivity contribution is 5.99. The second-order valence-corrected chi connectivity index (χ2v) is 6.93. The van der Waals surface area contributed by atoms with Gasteiger partial charge in [0.15, 0.2) is 0 Å². The summed E-state index contributed by atoms with van der Waals surface area (Å²) in [7, 11) is 3.77. The molecule has 0 aromatic heterocycles. The summed E-state index contributed by atoms with van der Waals surface area (Å²) in [4.78, 5) is 29.3. The highest BCUT2D eigenvalue weighted by atomic mass is 16.5. The summed E-state index contributed by atoms with van der Waals surface area (Å²) >= 11 is 0. The summed E-state index contributed by atoms with van der Waals surface area (Å²) in [6, 6.07) is 7.54. The lowest BCUT2D eigenvalue weighted by atomic mass is 9.99. The highest BCUT2D eigenvalue weighted by Gasteiger charge is 2.33. The first-order valence-corrected chi connectivity index (χ1v) is 8.97. The van der Waals surface area contributed by atoms with Gasteiger partial charge in [-0.3, -0.25) is 9.59 Å². The molecule has 1 fully saturated rings. The number of hydrogen-bond acceptors (Lipinski definition) is 4. The fourth-order valence-electron chi connectivity index (χ4n) is 3.78. The van der Waals surface area contributed by atoms with Gasteiger partial charge in [0.1, 0.15) is 0 Å². The fraction of sp³-hybridized carbons (Fsp3) is 0.579. The number of nitrogens with zero attached hydrogens (tertiary/aromatic N) is 2. The molecule has 6 heteroatoms. The standard InChI is InChI=1S/C19H27N3O3/c1-21-9-7-14(8-10-21)22(11-12-25-2)18(23)13-17-15-5-3-4-6-16(15)19(24)20-17/h3-6,14,17H,7-13H2,1-2H3,(H,20,24). The molecule has 0 spiro atoms. The van der Waals surface area contributed by atoms with E-state index < -0.39 is 0 Å². The van der Waals surface area contributed by atoms with Gasteiger partial charge in [-0.05, 0) is 44.6 Å². The number of benzene rings is 1. The number of carbonyl (C=O) groups excluding carboxylic acids is 2. The minimum absolute atomic E-state index is 0.0869. The number of ether oxygens (including phenoxy) is 1. The number of piperidine rings is 1. The molecule has 6 nitrogen and oxygen atoms in total. The van der Waals surface area contributed by atoms with E-state index in [0.29, 0.717) is 25.1 Å². The summed E-state index contributed by atoms with van der Waals surface area (Å²) < 4.78 is 5.20. The van der Waals surface area contributed by atoms with E-state index in [1.165, 1.54) is 0 Å². The molecule has 2 aliphatic rings. The largest absolute Gasteiger partial charge is 0.383 e. The van der Waals surface area contributed by atoms with Crippen LogP contribution in [0.1, 0.15) is 41.2 Å². The van der Waals surface area contributed by atoms with Crippen LogP contribution in [0.5, 0.6) is 0 Å². The van der Waals surface area contributed by atoms with Crippen LogP contribution in [0.3, 0.4) is 0 Å². The van der Waals surface area contributed by atoms with Crippen molar-refractivity contribution in [2.45, 2.75) is 31.3 Å². The zero-order valence-corrected chi connectivity index (χ0v) is 15.0. The normalized spacial score (nSPS) is 21.0. The smallest absolute Gasteiger partial charge is 0.252 e. The molecule has 0 radical (unpaired) electrons. The molecule has 3 rings (SSSR count). The van der Waals surface area contributed by atoms with Crippen LogP contribution in [-0.4, -0.2) is 68.1 Å². The maximum Gasteiger partial charge on any atom is 0.252 e. The van der Waals surface area contributed by atoms with Gasteiger partial charge < -0.3 is 19.9 Å². The summed E-state index contributed by atoms with van der Waals surface area (Å²) in [6.45, 7) is 3.15. The van der Waals surface area contributed by atoms with E-state index in [1.807, 2.05) is 29.2 Å². The van der Waals surface area contributed by atoms with Crippen LogP contribution in [0.25, 0.3) is 0 Å². The third-order valence-corrected chi connectivity index (χ3v) is 5.25. The average molecular weight is 345 g/mol. The first kappa shape index (κ1) is 17.9. The molecule has 0 aliphatic carbocycles. The van der Waals surface area contributed by atoms with Gasteiger partial charge in [-0.1, -0.05) is 18.2 Å². The van der Waals surface area contributed by atoms with Crippen LogP contribution in [0.15, 0.2) is 24.3 Å². The lowest BCUT2D eigenvalue weighted by Gasteiger charge is -2.37. The summed E-state index contributed by atoms with van der Waals surface area (Å²) in [5.41, 5.74) is 1.61. The Balaban J connectivity index is 1.69. The molecule has 1 aromatic carbocycles. The Bertz CT molecular complexity index is 626. The van der Waals surface area contributed by atoms with Crippen molar-refractivity contribution in [2.24, 2.45) is 0 Å². The number of carbonyl (C=O) groups is 2. The maximum atomic E-state index is 13.0. The van der Waals surface area contributed by atoms with Crippen molar-refractivity contribution >= 4 is 11.8 Å². The van der Waals surface area contributed by atoms with Crippen LogP contribution in [0.2, 0.25) is 0 Å². The second-order valence-electron chi connectivity index (χ2n) is 6.93. The Morgan fingerprint density at radius 3 is 2.76 bits per heavy atom. The van der Waals surface area contributed by atoms with E-state index in [0.717, 1.165) is 31.5 Å². The van der Waals surface area contributed by atoms with E-state index in [4.69, 9.17) is 4.74 Å². The van der Waals surface area contributed by atoms with Gasteiger partial charge in [-0.2, -0.15) is 0 Å². The molecule has 0 saturated carbocycles. The third kappa shape index (κ3) is 4.02. The second kappa shape index (κ2) is 7.97. The predicted octanol–water partition coefficient (Wildman–Crippen LogP) is 1.43. The quantitative estimate of drug-likeness (QED) is 0.847. The molecule has 25 heavy (non-hydrogen) atoms. The number of methoxy groups -OCH3 is 1. The van der Waals surface area contributed by atoms with E-state index in [-0.39, 0.29) is 23.9 Å². The molecule has 2 amide bonds. The molecule has 2 aliphatic heterocycles. The topological polar surface area (TPSA) is 61.9 Å². The lowest BCUT2D eigenvalue weighted by Crippen LogP contribution is -2.48. The predicted molar refractivity (Wildman–Crippen MR) is 95.4 cm³/mol. The number of hydrogen-bond donors (Lipinski definition) is 1. The Morgan fingerprint density at radius 1 is 1.32 bits per heavy atom. The van der Waals surface area contributed by atoms with E-state index in [2.05, 4.69) is 17.3 Å². The van der Waals surface area contributed by atoms with Crippen LogP contribution >= 0.6 is 0 Å².